The Balaban J connectivity index is 0.00000417. The van der Waals surface area contributed by atoms with Crippen LogP contribution in [0.15, 0.2) is 0 Å². The molecule has 0 heterocycles. The number of halogens is 3. The van der Waals surface area contributed by atoms with Gasteiger partial charge in [0.2, 0.25) is 0 Å². The van der Waals surface area contributed by atoms with Crippen LogP contribution < -0.4 is 21.7 Å². The predicted octanol–water partition coefficient (Wildman–Crippen LogP) is 6.80. The molecular formula is C37H75Cl3N4O5S. The third-order valence-corrected chi connectivity index (χ3v) is 14.3. The topological polar surface area (TPSA) is 146 Å². The SMILES string of the molecule is CC(C)[C@@H](CC[C@@H](C)[C@H]1CC[C@H]2[C@@H]3[C@H](O)C[C@H]4C[C@@H](NCCCNCCCCNCCCN)CC[C@]4(C)[C@H]3CC[C@]12C)OS(=O)(=O)O.Cl.Cl.Cl. The van der Waals surface area contributed by atoms with Gasteiger partial charge < -0.3 is 26.8 Å². The molecule has 0 spiro atoms. The molecule has 0 amide bonds. The Morgan fingerprint density at radius 3 is 2.02 bits per heavy atom. The van der Waals surface area contributed by atoms with Crippen molar-refractivity contribution in [1.82, 2.24) is 16.0 Å². The number of unbranched alkanes of at least 4 members (excludes halogenated alkanes) is 1. The second-order valence-electron chi connectivity index (χ2n) is 17.0. The Labute approximate surface area is 324 Å². The number of fused-ring (bicyclic) bond motifs is 5. The maximum absolute atomic E-state index is 11.8. The number of rotatable bonds is 20. The van der Waals surface area contributed by atoms with Gasteiger partial charge in [0, 0.05) is 6.04 Å². The van der Waals surface area contributed by atoms with Gasteiger partial charge in [-0.15, -0.1) is 37.2 Å². The Kier molecular flexibility index (Phi) is 21.5. The standard InChI is InChI=1S/C37H72N4O5S.3ClH/c1-26(2)34(46-47(43,44)45)13-10-27(3)30-11-12-31-35-32(15-17-37(30,31)5)36(4)16-14-29(24-28(36)25-33(35)42)41-23-9-22-40-20-7-6-19-39-21-8-18-38;;;/h26-35,39-42H,6-25,38H2,1-5H3,(H,43,44,45);3*1H/t27-,28-,29+,30-,31+,32+,33-,34-,35+,36+,37-;;;/m1.../s1. The highest BCUT2D eigenvalue weighted by atomic mass is 35.5. The van der Waals surface area contributed by atoms with Gasteiger partial charge in [0.1, 0.15) is 0 Å². The molecule has 4 fully saturated rings. The van der Waals surface area contributed by atoms with Crippen molar-refractivity contribution in [2.24, 2.45) is 58.0 Å². The predicted molar refractivity (Wildman–Crippen MR) is 213 cm³/mol. The third kappa shape index (κ3) is 12.5. The van der Waals surface area contributed by atoms with Crippen molar-refractivity contribution in [1.29, 1.82) is 0 Å². The van der Waals surface area contributed by atoms with Crippen LogP contribution in [-0.2, 0) is 14.6 Å². The first-order chi connectivity index (χ1) is 22.3. The minimum Gasteiger partial charge on any atom is -0.393 e. The molecular weight excluding hydrogens is 719 g/mol. The fourth-order valence-electron chi connectivity index (χ4n) is 11.2. The highest BCUT2D eigenvalue weighted by Crippen LogP contribution is 2.68. The second kappa shape index (κ2) is 22.2. The van der Waals surface area contributed by atoms with Gasteiger partial charge in [-0.3, -0.25) is 4.55 Å². The Hall–Kier alpha value is 0.540. The van der Waals surface area contributed by atoms with Crippen LogP contribution in [0.2, 0.25) is 0 Å². The lowest BCUT2D eigenvalue weighted by atomic mass is 9.43. The summed E-state index contributed by atoms with van der Waals surface area (Å²) in [5.74, 6) is 3.20. The summed E-state index contributed by atoms with van der Waals surface area (Å²) < 4.78 is 37.2. The van der Waals surface area contributed by atoms with E-state index < -0.39 is 16.5 Å². The molecule has 4 saturated carbocycles. The van der Waals surface area contributed by atoms with Crippen molar-refractivity contribution < 1.29 is 22.3 Å². The molecule has 0 aromatic heterocycles. The van der Waals surface area contributed by atoms with E-state index in [0.717, 1.165) is 65.0 Å². The van der Waals surface area contributed by atoms with E-state index in [1.807, 2.05) is 13.8 Å². The molecule has 4 rings (SSSR count). The van der Waals surface area contributed by atoms with Crippen molar-refractivity contribution >= 4 is 47.6 Å². The Morgan fingerprint density at radius 2 is 1.40 bits per heavy atom. The average Bonchev–Trinajstić information content (AvgIpc) is 3.36. The molecule has 13 heteroatoms. The molecule has 0 radical (unpaired) electrons. The lowest BCUT2D eigenvalue weighted by Crippen LogP contribution is -2.59. The fraction of sp³-hybridized carbons (Fsp3) is 1.00. The highest BCUT2D eigenvalue weighted by Gasteiger charge is 2.62. The van der Waals surface area contributed by atoms with Crippen molar-refractivity contribution in [2.75, 3.05) is 39.3 Å². The molecule has 4 aliphatic carbocycles. The molecule has 0 saturated heterocycles. The lowest BCUT2D eigenvalue weighted by molar-refractivity contribution is -0.167. The summed E-state index contributed by atoms with van der Waals surface area (Å²) in [5.41, 5.74) is 6.08. The van der Waals surface area contributed by atoms with Gasteiger partial charge in [-0.05, 0) is 181 Å². The summed E-state index contributed by atoms with van der Waals surface area (Å²) in [6.07, 6.45) is 15.0. The van der Waals surface area contributed by atoms with Crippen molar-refractivity contribution in [3.8, 4) is 0 Å². The van der Waals surface area contributed by atoms with Crippen LogP contribution in [0.25, 0.3) is 0 Å². The number of nitrogens with two attached hydrogens (primary N) is 1. The number of aliphatic hydroxyl groups is 1. The number of hydrogen-bond donors (Lipinski definition) is 6. The van der Waals surface area contributed by atoms with E-state index in [9.17, 15) is 18.1 Å². The van der Waals surface area contributed by atoms with Gasteiger partial charge in [0.05, 0.1) is 12.2 Å². The molecule has 300 valence electrons. The van der Waals surface area contributed by atoms with Crippen LogP contribution in [0, 0.1) is 52.3 Å². The van der Waals surface area contributed by atoms with E-state index in [1.54, 1.807) is 0 Å². The number of nitrogens with one attached hydrogen (secondary N) is 3. The maximum Gasteiger partial charge on any atom is 0.397 e. The first kappa shape index (κ1) is 48.6. The highest BCUT2D eigenvalue weighted by molar-refractivity contribution is 7.80. The summed E-state index contributed by atoms with van der Waals surface area (Å²) >= 11 is 0. The number of aliphatic hydroxyl groups excluding tert-OH is 1. The van der Waals surface area contributed by atoms with Crippen LogP contribution in [0.1, 0.15) is 125 Å². The summed E-state index contributed by atoms with van der Waals surface area (Å²) in [4.78, 5) is 0. The van der Waals surface area contributed by atoms with Gasteiger partial charge in [-0.2, -0.15) is 8.42 Å². The molecule has 50 heavy (non-hydrogen) atoms. The van der Waals surface area contributed by atoms with E-state index in [4.69, 9.17) is 9.92 Å². The smallest absolute Gasteiger partial charge is 0.393 e. The van der Waals surface area contributed by atoms with Crippen LogP contribution in [0.4, 0.5) is 0 Å². The molecule has 0 unspecified atom stereocenters. The van der Waals surface area contributed by atoms with E-state index in [2.05, 4.69) is 36.7 Å². The van der Waals surface area contributed by atoms with Crippen molar-refractivity contribution in [2.45, 2.75) is 143 Å². The van der Waals surface area contributed by atoms with E-state index in [1.165, 1.54) is 57.8 Å². The lowest BCUT2D eigenvalue weighted by Gasteiger charge is -2.62. The second-order valence-corrected chi connectivity index (χ2v) is 18.1. The van der Waals surface area contributed by atoms with Crippen LogP contribution >= 0.6 is 37.2 Å². The zero-order valence-corrected chi connectivity index (χ0v) is 35.0. The molecule has 4 aliphatic rings. The van der Waals surface area contributed by atoms with Crippen molar-refractivity contribution in [3.63, 3.8) is 0 Å². The third-order valence-electron chi connectivity index (χ3n) is 13.8. The van der Waals surface area contributed by atoms with E-state index >= 15 is 0 Å². The van der Waals surface area contributed by atoms with E-state index in [-0.39, 0.29) is 54.7 Å². The molecule has 0 bridgehead atoms. The van der Waals surface area contributed by atoms with Crippen LogP contribution in [0.3, 0.4) is 0 Å². The van der Waals surface area contributed by atoms with Gasteiger partial charge >= 0.3 is 10.4 Å². The molecule has 0 aromatic carbocycles. The quantitative estimate of drug-likeness (QED) is 0.0579. The Bertz CT molecular complexity index is 1060. The molecule has 7 N–H and O–H groups in total. The zero-order chi connectivity index (χ0) is 34.2. The van der Waals surface area contributed by atoms with Gasteiger partial charge in [0.25, 0.3) is 0 Å². The molecule has 9 nitrogen and oxygen atoms in total. The van der Waals surface area contributed by atoms with Crippen LogP contribution in [-0.4, -0.2) is 75.6 Å². The average molecular weight is 794 g/mol. The minimum absolute atomic E-state index is 0. The monoisotopic (exact) mass is 792 g/mol. The minimum atomic E-state index is -4.46. The summed E-state index contributed by atoms with van der Waals surface area (Å²) in [6, 6.07) is 0.571. The first-order valence-corrected chi connectivity index (χ1v) is 20.8. The van der Waals surface area contributed by atoms with Gasteiger partial charge in [-0.1, -0.05) is 34.6 Å². The van der Waals surface area contributed by atoms with E-state index in [0.29, 0.717) is 53.4 Å². The van der Waals surface area contributed by atoms with Gasteiger partial charge in [0.15, 0.2) is 0 Å². The maximum atomic E-state index is 11.8. The summed E-state index contributed by atoms with van der Waals surface area (Å²) in [6.45, 7) is 17.4. The molecule has 0 aliphatic heterocycles. The summed E-state index contributed by atoms with van der Waals surface area (Å²) in [7, 11) is -4.46. The zero-order valence-electron chi connectivity index (χ0n) is 31.7. The van der Waals surface area contributed by atoms with Crippen LogP contribution in [0.5, 0.6) is 0 Å². The first-order valence-electron chi connectivity index (χ1n) is 19.5. The van der Waals surface area contributed by atoms with Crippen molar-refractivity contribution in [3.05, 3.63) is 0 Å². The largest absolute Gasteiger partial charge is 0.397 e. The Morgan fingerprint density at radius 1 is 0.800 bits per heavy atom. The molecule has 0 aromatic rings. The fourth-order valence-corrected chi connectivity index (χ4v) is 11.8. The summed E-state index contributed by atoms with van der Waals surface area (Å²) in [5, 5.41) is 22.8. The normalized spacial score (nSPS) is 34.7. The molecule has 11 atom stereocenters. The van der Waals surface area contributed by atoms with Gasteiger partial charge in [-0.25, -0.2) is 4.18 Å². The number of hydrogen-bond acceptors (Lipinski definition) is 8.